The molecule has 0 aromatic rings. The Labute approximate surface area is 76.8 Å². The van der Waals surface area contributed by atoms with E-state index in [4.69, 9.17) is 4.18 Å². The summed E-state index contributed by atoms with van der Waals surface area (Å²) in [7, 11) is -0.881. The van der Waals surface area contributed by atoms with Crippen LogP contribution >= 0.6 is 22.1 Å². The van der Waals surface area contributed by atoms with E-state index in [-0.39, 0.29) is 0 Å². The standard InChI is InChI=1S/C8H20OS2/c1-8(2,3)11(5,6)9-7-10-4/h7H2,1-6H3. The van der Waals surface area contributed by atoms with Gasteiger partial charge in [-0.15, -0.1) is 22.1 Å². The largest absolute Gasteiger partial charge is 0.326 e. The highest BCUT2D eigenvalue weighted by Gasteiger charge is 2.28. The molecule has 70 valence electrons. The molecule has 0 aliphatic carbocycles. The van der Waals surface area contributed by atoms with Gasteiger partial charge < -0.3 is 4.18 Å². The minimum Gasteiger partial charge on any atom is -0.326 e. The van der Waals surface area contributed by atoms with E-state index in [1.54, 1.807) is 11.8 Å². The molecule has 0 fully saturated rings. The Kier molecular flexibility index (Phi) is 4.30. The summed E-state index contributed by atoms with van der Waals surface area (Å²) in [6.07, 6.45) is 6.52. The predicted octanol–water partition coefficient (Wildman–Crippen LogP) is 3.10. The SMILES string of the molecule is CSCOS(C)(C)C(C)(C)C. The molecule has 1 nitrogen and oxygen atoms in total. The average Bonchev–Trinajstić information content (AvgIpc) is 1.81. The van der Waals surface area contributed by atoms with Gasteiger partial charge in [-0.1, -0.05) is 20.8 Å². The van der Waals surface area contributed by atoms with E-state index in [9.17, 15) is 0 Å². The van der Waals surface area contributed by atoms with Crippen LogP contribution in [0.2, 0.25) is 0 Å². The van der Waals surface area contributed by atoms with Crippen molar-refractivity contribution >= 4 is 22.1 Å². The molecule has 3 heteroatoms. The average molecular weight is 196 g/mol. The number of hydrogen-bond acceptors (Lipinski definition) is 2. The highest BCUT2D eigenvalue weighted by Crippen LogP contribution is 2.53. The van der Waals surface area contributed by atoms with Gasteiger partial charge in [0.15, 0.2) is 0 Å². The second kappa shape index (κ2) is 4.06. The summed E-state index contributed by atoms with van der Waals surface area (Å²) >= 11 is 1.74. The van der Waals surface area contributed by atoms with Crippen molar-refractivity contribution in [3.63, 3.8) is 0 Å². The van der Waals surface area contributed by atoms with Gasteiger partial charge >= 0.3 is 0 Å². The van der Waals surface area contributed by atoms with Gasteiger partial charge in [-0.25, -0.2) is 0 Å². The molecule has 0 aliphatic heterocycles. The summed E-state index contributed by atoms with van der Waals surface area (Å²) in [5, 5.41) is 0. The third kappa shape index (κ3) is 3.72. The Balaban J connectivity index is 4.00. The lowest BCUT2D eigenvalue weighted by Gasteiger charge is -2.43. The molecular weight excluding hydrogens is 176 g/mol. The summed E-state index contributed by atoms with van der Waals surface area (Å²) < 4.78 is 6.08. The molecule has 11 heavy (non-hydrogen) atoms. The Bertz CT molecular complexity index is 116. The smallest absolute Gasteiger partial charge is 0.104 e. The maximum atomic E-state index is 5.79. The maximum absolute atomic E-state index is 5.79. The quantitative estimate of drug-likeness (QED) is 0.642. The monoisotopic (exact) mass is 196 g/mol. The van der Waals surface area contributed by atoms with Crippen molar-refractivity contribution < 1.29 is 4.18 Å². The van der Waals surface area contributed by atoms with Crippen LogP contribution in [-0.4, -0.2) is 29.5 Å². The van der Waals surface area contributed by atoms with Gasteiger partial charge in [0, 0.05) is 4.75 Å². The molecule has 0 aromatic heterocycles. The molecule has 0 amide bonds. The molecule has 0 heterocycles. The first kappa shape index (κ1) is 11.7. The van der Waals surface area contributed by atoms with E-state index in [0.717, 1.165) is 5.94 Å². The summed E-state index contributed by atoms with van der Waals surface area (Å²) in [5.41, 5.74) is 0. The fraction of sp³-hybridized carbons (Fsp3) is 1.00. The Hall–Kier alpha value is 0.660. The summed E-state index contributed by atoms with van der Waals surface area (Å²) in [4.78, 5) is 0. The van der Waals surface area contributed by atoms with Gasteiger partial charge in [-0.3, -0.25) is 0 Å². The molecule has 0 rings (SSSR count). The van der Waals surface area contributed by atoms with Gasteiger partial charge in [0.2, 0.25) is 0 Å². The molecule has 0 unspecified atom stereocenters. The van der Waals surface area contributed by atoms with Crippen molar-refractivity contribution in [3.05, 3.63) is 0 Å². The van der Waals surface area contributed by atoms with E-state index >= 15 is 0 Å². The van der Waals surface area contributed by atoms with Crippen LogP contribution in [0.15, 0.2) is 0 Å². The van der Waals surface area contributed by atoms with Crippen LogP contribution in [0.3, 0.4) is 0 Å². The first-order valence-corrected chi connectivity index (χ1v) is 7.44. The first-order chi connectivity index (χ1) is 4.81. The van der Waals surface area contributed by atoms with Gasteiger partial charge in [0.1, 0.15) is 5.94 Å². The zero-order chi connectivity index (χ0) is 9.12. The maximum Gasteiger partial charge on any atom is 0.104 e. The molecule has 0 aromatic carbocycles. The van der Waals surface area contributed by atoms with Gasteiger partial charge in [0.05, 0.1) is 0 Å². The first-order valence-electron chi connectivity index (χ1n) is 3.67. The highest BCUT2D eigenvalue weighted by molar-refractivity contribution is 8.30. The zero-order valence-corrected chi connectivity index (χ0v) is 10.1. The summed E-state index contributed by atoms with van der Waals surface area (Å²) in [6, 6.07) is 0. The minimum atomic E-state index is -0.881. The molecule has 0 spiro atoms. The topological polar surface area (TPSA) is 9.23 Å². The number of thioether (sulfide) groups is 1. The third-order valence-electron chi connectivity index (χ3n) is 1.94. The van der Waals surface area contributed by atoms with Crippen LogP contribution < -0.4 is 0 Å². The normalized spacial score (nSPS) is 15.1. The number of hydrogen-bond donors (Lipinski definition) is 0. The van der Waals surface area contributed by atoms with Gasteiger partial charge in [0.25, 0.3) is 0 Å². The van der Waals surface area contributed by atoms with Crippen LogP contribution in [0, 0.1) is 0 Å². The minimum absolute atomic E-state index is 0.294. The van der Waals surface area contributed by atoms with Gasteiger partial charge in [-0.2, -0.15) is 0 Å². The van der Waals surface area contributed by atoms with Crippen molar-refractivity contribution in [3.8, 4) is 0 Å². The predicted molar refractivity (Wildman–Crippen MR) is 58.7 cm³/mol. The van der Waals surface area contributed by atoms with Crippen LogP contribution in [0.5, 0.6) is 0 Å². The summed E-state index contributed by atoms with van der Waals surface area (Å²) in [5.74, 6) is 0.819. The van der Waals surface area contributed by atoms with Gasteiger partial charge in [-0.05, 0) is 18.8 Å². The highest BCUT2D eigenvalue weighted by atomic mass is 32.3. The second-order valence-corrected chi connectivity index (χ2v) is 8.61. The Morgan fingerprint density at radius 1 is 1.27 bits per heavy atom. The van der Waals surface area contributed by atoms with Crippen LogP contribution in [0.4, 0.5) is 0 Å². The fourth-order valence-corrected chi connectivity index (χ4v) is 2.05. The molecule has 0 atom stereocenters. The van der Waals surface area contributed by atoms with Crippen molar-refractivity contribution in [2.75, 3.05) is 24.7 Å². The van der Waals surface area contributed by atoms with Crippen molar-refractivity contribution in [1.82, 2.24) is 0 Å². The Morgan fingerprint density at radius 3 is 2.00 bits per heavy atom. The Morgan fingerprint density at radius 2 is 1.73 bits per heavy atom. The van der Waals surface area contributed by atoms with Crippen LogP contribution in [0.25, 0.3) is 0 Å². The molecule has 0 N–H and O–H groups in total. The number of rotatable bonds is 3. The molecule has 0 radical (unpaired) electrons. The van der Waals surface area contributed by atoms with E-state index in [1.807, 2.05) is 0 Å². The lowest BCUT2D eigenvalue weighted by atomic mass is 10.3. The van der Waals surface area contributed by atoms with Crippen molar-refractivity contribution in [1.29, 1.82) is 0 Å². The second-order valence-electron chi connectivity index (χ2n) is 3.87. The summed E-state index contributed by atoms with van der Waals surface area (Å²) in [6.45, 7) is 6.72. The third-order valence-corrected chi connectivity index (χ3v) is 6.09. The molecule has 0 aliphatic rings. The van der Waals surface area contributed by atoms with E-state index in [0.29, 0.717) is 4.75 Å². The lowest BCUT2D eigenvalue weighted by molar-refractivity contribution is 0.430. The molecule has 0 saturated heterocycles. The molecular formula is C8H20OS2. The van der Waals surface area contributed by atoms with E-state index < -0.39 is 10.3 Å². The van der Waals surface area contributed by atoms with Crippen LogP contribution in [-0.2, 0) is 4.18 Å². The van der Waals surface area contributed by atoms with E-state index in [1.165, 1.54) is 0 Å². The lowest BCUT2D eigenvalue weighted by Crippen LogP contribution is -2.24. The zero-order valence-electron chi connectivity index (χ0n) is 8.43. The van der Waals surface area contributed by atoms with E-state index in [2.05, 4.69) is 39.5 Å². The molecule has 0 bridgehead atoms. The van der Waals surface area contributed by atoms with Crippen molar-refractivity contribution in [2.45, 2.75) is 25.5 Å². The van der Waals surface area contributed by atoms with Crippen molar-refractivity contribution in [2.24, 2.45) is 0 Å². The molecule has 0 saturated carbocycles. The van der Waals surface area contributed by atoms with Crippen LogP contribution in [0.1, 0.15) is 20.8 Å². The fourth-order valence-electron chi connectivity index (χ4n) is 0.345.